The largest absolute Gasteiger partial charge is 0.361 e. The van der Waals surface area contributed by atoms with Crippen molar-refractivity contribution in [2.45, 2.75) is 82.7 Å². The highest BCUT2D eigenvalue weighted by atomic mass is 32.2. The van der Waals surface area contributed by atoms with Crippen LogP contribution in [-0.2, 0) is 27.2 Å². The van der Waals surface area contributed by atoms with Gasteiger partial charge in [0, 0.05) is 61.6 Å². The molecule has 41 heavy (non-hydrogen) atoms. The minimum absolute atomic E-state index is 0.203. The summed E-state index contributed by atoms with van der Waals surface area (Å²) in [5.74, 6) is 3.57. The summed E-state index contributed by atoms with van der Waals surface area (Å²) in [6.07, 6.45) is 5.51. The van der Waals surface area contributed by atoms with Crippen LogP contribution in [0.4, 0.5) is 11.6 Å². The van der Waals surface area contributed by atoms with Crippen molar-refractivity contribution in [3.63, 3.8) is 0 Å². The molecule has 0 fully saturated rings. The number of aryl methyl sites for hydroxylation is 3. The van der Waals surface area contributed by atoms with E-state index in [1.54, 1.807) is 34.2 Å². The van der Waals surface area contributed by atoms with Gasteiger partial charge in [0.25, 0.3) is 5.56 Å². The molecule has 4 rings (SSSR count). The SMILES string of the molecule is Cc1cc(=O)n2c(=O)n1CCCCSc1nc(cc(C)[n+]1C)NCCCCNc1cc(C)[n+](C)c(n1)SCCCC2. The molecule has 6 bridgehead atoms. The van der Waals surface area contributed by atoms with E-state index < -0.39 is 0 Å². The monoisotopic (exact) mass is 600 g/mol. The zero-order valence-corrected chi connectivity index (χ0v) is 26.7. The third-order valence-electron chi connectivity index (χ3n) is 7.47. The van der Waals surface area contributed by atoms with E-state index in [9.17, 15) is 9.59 Å². The van der Waals surface area contributed by atoms with Crippen molar-refractivity contribution in [2.24, 2.45) is 14.1 Å². The molecule has 1 aliphatic rings. The zero-order chi connectivity index (χ0) is 29.4. The van der Waals surface area contributed by atoms with E-state index in [-0.39, 0.29) is 11.2 Å². The lowest BCUT2D eigenvalue weighted by molar-refractivity contribution is -0.718. The summed E-state index contributed by atoms with van der Waals surface area (Å²) in [5, 5.41) is 8.93. The van der Waals surface area contributed by atoms with Crippen molar-refractivity contribution in [2.75, 3.05) is 35.2 Å². The molecule has 0 atom stereocenters. The van der Waals surface area contributed by atoms with Crippen LogP contribution in [0.5, 0.6) is 0 Å². The van der Waals surface area contributed by atoms with Crippen molar-refractivity contribution < 1.29 is 9.13 Å². The summed E-state index contributed by atoms with van der Waals surface area (Å²) < 4.78 is 7.38. The van der Waals surface area contributed by atoms with Gasteiger partial charge in [-0.2, -0.15) is 0 Å². The van der Waals surface area contributed by atoms with Gasteiger partial charge in [-0.05, 0) is 92.8 Å². The minimum atomic E-state index is -0.214. The van der Waals surface area contributed by atoms with E-state index >= 15 is 0 Å². The molecule has 0 aromatic carbocycles. The Kier molecular flexibility index (Phi) is 11.3. The van der Waals surface area contributed by atoms with Crippen molar-refractivity contribution >= 4 is 35.2 Å². The Hall–Kier alpha value is -2.86. The molecule has 3 aromatic rings. The van der Waals surface area contributed by atoms with Crippen molar-refractivity contribution in [1.82, 2.24) is 19.1 Å². The van der Waals surface area contributed by atoms with E-state index in [2.05, 4.69) is 45.7 Å². The maximum Gasteiger partial charge on any atom is 0.361 e. The van der Waals surface area contributed by atoms with Crippen molar-refractivity contribution in [1.29, 1.82) is 0 Å². The van der Waals surface area contributed by atoms with E-state index in [1.165, 1.54) is 4.57 Å². The first-order chi connectivity index (χ1) is 19.7. The molecule has 12 heteroatoms. The van der Waals surface area contributed by atoms with Gasteiger partial charge in [-0.25, -0.2) is 13.9 Å². The molecule has 0 saturated carbocycles. The van der Waals surface area contributed by atoms with Crippen LogP contribution in [0, 0.1) is 20.8 Å². The van der Waals surface area contributed by atoms with E-state index in [1.807, 2.05) is 21.0 Å². The van der Waals surface area contributed by atoms with Crippen LogP contribution in [0.15, 0.2) is 38.1 Å². The summed E-state index contributed by atoms with van der Waals surface area (Å²) in [6, 6.07) is 5.77. The quantitative estimate of drug-likeness (QED) is 0.300. The standard InChI is InChI=1S/C29H42N8O2S2/c1-21-18-24-30-12-6-7-13-31-25-19-22(2)35(5)28(33-25)41-17-11-9-15-37-26(38)20-23(3)36(29(37)39)14-8-10-16-40-27(32-24)34(21)4/h18-20H,6-17H2,1-5H3/p+2. The molecule has 0 spiro atoms. The van der Waals surface area contributed by atoms with Gasteiger partial charge < -0.3 is 10.6 Å². The van der Waals surface area contributed by atoms with Crippen LogP contribution >= 0.6 is 23.5 Å². The fourth-order valence-electron chi connectivity index (χ4n) is 4.71. The number of hydrogen-bond donors (Lipinski definition) is 2. The topological polar surface area (TPSA) is 102 Å². The first kappa shape index (κ1) is 31.1. The molecule has 1 aliphatic heterocycles. The lowest BCUT2D eigenvalue weighted by Crippen LogP contribution is -2.40. The number of aromatic nitrogens is 6. The summed E-state index contributed by atoms with van der Waals surface area (Å²) in [6.45, 7) is 8.79. The highest BCUT2D eigenvalue weighted by Gasteiger charge is 2.18. The predicted octanol–water partition coefficient (Wildman–Crippen LogP) is 3.14. The van der Waals surface area contributed by atoms with Gasteiger partial charge in [0.1, 0.15) is 11.4 Å². The zero-order valence-electron chi connectivity index (χ0n) is 25.0. The van der Waals surface area contributed by atoms with Gasteiger partial charge in [0.2, 0.25) is 11.6 Å². The van der Waals surface area contributed by atoms with Gasteiger partial charge >= 0.3 is 16.0 Å². The van der Waals surface area contributed by atoms with Crippen LogP contribution in [0.3, 0.4) is 0 Å². The van der Waals surface area contributed by atoms with Gasteiger partial charge in [-0.15, -0.1) is 0 Å². The first-order valence-corrected chi connectivity index (χ1v) is 16.5. The molecular weight excluding hydrogens is 557 g/mol. The Labute approximate surface area is 251 Å². The molecule has 3 aromatic heterocycles. The molecule has 4 heterocycles. The highest BCUT2D eigenvalue weighted by Crippen LogP contribution is 2.18. The highest BCUT2D eigenvalue weighted by molar-refractivity contribution is 7.99. The van der Waals surface area contributed by atoms with Crippen molar-refractivity contribution in [3.8, 4) is 0 Å². The minimum Gasteiger partial charge on any atom is -0.349 e. The van der Waals surface area contributed by atoms with E-state index in [0.29, 0.717) is 13.1 Å². The summed E-state index contributed by atoms with van der Waals surface area (Å²) >= 11 is 3.45. The van der Waals surface area contributed by atoms with Gasteiger partial charge in [0.15, 0.2) is 0 Å². The molecule has 10 nitrogen and oxygen atoms in total. The molecule has 0 unspecified atom stereocenters. The molecule has 222 valence electrons. The summed E-state index contributed by atoms with van der Waals surface area (Å²) in [4.78, 5) is 35.6. The Balaban J connectivity index is 1.51. The Morgan fingerprint density at radius 3 is 1.71 bits per heavy atom. The average Bonchev–Trinajstić information content (AvgIpc) is 2.93. The molecule has 0 saturated heterocycles. The van der Waals surface area contributed by atoms with Crippen LogP contribution < -0.4 is 31.0 Å². The van der Waals surface area contributed by atoms with Gasteiger partial charge in [-0.3, -0.25) is 13.9 Å². The molecular formula is C29H44N8O2S2+2. The van der Waals surface area contributed by atoms with Crippen LogP contribution in [-0.4, -0.2) is 43.7 Å². The number of thioether (sulfide) groups is 2. The van der Waals surface area contributed by atoms with Crippen LogP contribution in [0.2, 0.25) is 0 Å². The maximum atomic E-state index is 13.2. The number of anilines is 2. The molecule has 0 radical (unpaired) electrons. The first-order valence-electron chi connectivity index (χ1n) is 14.5. The number of nitrogens with one attached hydrogen (secondary N) is 2. The summed E-state index contributed by atoms with van der Waals surface area (Å²) in [7, 11) is 4.08. The third-order valence-corrected chi connectivity index (χ3v) is 9.70. The number of fused-ring (bicyclic) bond motifs is 6. The Bertz CT molecular complexity index is 1470. The van der Waals surface area contributed by atoms with Crippen LogP contribution in [0.25, 0.3) is 0 Å². The van der Waals surface area contributed by atoms with Gasteiger partial charge in [-0.1, -0.05) is 0 Å². The fourth-order valence-corrected chi connectivity index (χ4v) is 6.77. The third kappa shape index (κ3) is 8.34. The summed E-state index contributed by atoms with van der Waals surface area (Å²) in [5.41, 5.74) is 2.60. The second-order valence-corrected chi connectivity index (χ2v) is 12.8. The Morgan fingerprint density at radius 2 is 1.20 bits per heavy atom. The smallest absolute Gasteiger partial charge is 0.349 e. The fraction of sp³-hybridized carbons (Fsp3) is 0.586. The predicted molar refractivity (Wildman–Crippen MR) is 166 cm³/mol. The number of rotatable bonds is 0. The normalized spacial score (nSPS) is 16.1. The average molecular weight is 601 g/mol. The molecule has 2 N–H and O–H groups in total. The number of nitrogens with zero attached hydrogens (tertiary/aromatic N) is 6. The second kappa shape index (κ2) is 14.9. The maximum absolute atomic E-state index is 13.2. The lowest BCUT2D eigenvalue weighted by Gasteiger charge is -2.13. The molecule has 0 aliphatic carbocycles. The van der Waals surface area contributed by atoms with E-state index in [4.69, 9.17) is 9.97 Å². The lowest BCUT2D eigenvalue weighted by atomic mass is 10.3. The molecule has 0 amide bonds. The Morgan fingerprint density at radius 1 is 0.707 bits per heavy atom. The van der Waals surface area contributed by atoms with E-state index in [0.717, 1.165) is 102 Å². The van der Waals surface area contributed by atoms with Gasteiger partial charge in [0.05, 0.1) is 14.1 Å². The van der Waals surface area contributed by atoms with Crippen LogP contribution in [0.1, 0.15) is 55.6 Å². The second-order valence-electron chi connectivity index (χ2n) is 10.6. The number of hydrogen-bond acceptors (Lipinski definition) is 8. The van der Waals surface area contributed by atoms with Crippen molar-refractivity contribution in [3.05, 3.63) is 56.1 Å².